The van der Waals surface area contributed by atoms with Crippen LogP contribution in [0.3, 0.4) is 0 Å². The molecule has 0 N–H and O–H groups in total. The molecule has 1 heterocycles. The van der Waals surface area contributed by atoms with E-state index < -0.39 is 9.75 Å². The van der Waals surface area contributed by atoms with E-state index in [1.165, 1.54) is 0 Å². The third-order valence-corrected chi connectivity index (χ3v) is 5.46. The van der Waals surface area contributed by atoms with Crippen molar-refractivity contribution >= 4 is 29.1 Å². The van der Waals surface area contributed by atoms with E-state index >= 15 is 0 Å². The predicted molar refractivity (Wildman–Crippen MR) is 76.7 cm³/mol. The smallest absolute Gasteiger partial charge is 0.231 e. The Morgan fingerprint density at radius 3 is 2.26 bits per heavy atom. The van der Waals surface area contributed by atoms with Crippen LogP contribution in [0, 0.1) is 5.41 Å². The molecule has 19 heavy (non-hydrogen) atoms. The van der Waals surface area contributed by atoms with E-state index in [2.05, 4.69) is 11.8 Å². The Bertz CT molecular complexity index is 357. The van der Waals surface area contributed by atoms with Crippen LogP contribution in [0.4, 0.5) is 0 Å². The Morgan fingerprint density at radius 1 is 1.32 bits per heavy atom. The Hall–Kier alpha value is -0.0300. The molecule has 6 heteroatoms. The molecule has 110 valence electrons. The quantitative estimate of drug-likeness (QED) is 0.742. The number of methoxy groups -OCH3 is 1. The molecule has 1 aliphatic carbocycles. The maximum Gasteiger partial charge on any atom is 0.231 e. The van der Waals surface area contributed by atoms with Crippen LogP contribution in [0.1, 0.15) is 20.3 Å². The van der Waals surface area contributed by atoms with E-state index in [0.717, 1.165) is 32.8 Å². The molecule has 1 amide bonds. The first-order chi connectivity index (χ1) is 8.82. The van der Waals surface area contributed by atoms with Gasteiger partial charge in [0.15, 0.2) is 0 Å². The van der Waals surface area contributed by atoms with Gasteiger partial charge in [-0.25, -0.2) is 0 Å². The lowest BCUT2D eigenvalue weighted by atomic mass is 10.1. The van der Waals surface area contributed by atoms with Crippen LogP contribution in [0.2, 0.25) is 0 Å². The fourth-order valence-corrected chi connectivity index (χ4v) is 3.39. The standard InChI is InChI=1S/C13H22Cl2N2O2/c1-10(8-19-3)16-4-6-17(7-5-16)11(18)12(2)9-13(12,14)15/h10H,4-9H2,1-3H3. The monoisotopic (exact) mass is 308 g/mol. The molecular weight excluding hydrogens is 287 g/mol. The van der Waals surface area contributed by atoms with Crippen LogP contribution in [0.25, 0.3) is 0 Å². The van der Waals surface area contributed by atoms with Gasteiger partial charge in [0.25, 0.3) is 0 Å². The lowest BCUT2D eigenvalue weighted by Crippen LogP contribution is -2.53. The van der Waals surface area contributed by atoms with E-state index in [1.807, 2.05) is 11.8 Å². The minimum Gasteiger partial charge on any atom is -0.383 e. The largest absolute Gasteiger partial charge is 0.383 e. The maximum atomic E-state index is 12.4. The van der Waals surface area contributed by atoms with Gasteiger partial charge in [-0.3, -0.25) is 9.69 Å². The van der Waals surface area contributed by atoms with Crippen molar-refractivity contribution in [2.45, 2.75) is 30.6 Å². The zero-order valence-electron chi connectivity index (χ0n) is 11.8. The fourth-order valence-electron chi connectivity index (χ4n) is 2.69. The summed E-state index contributed by atoms with van der Waals surface area (Å²) in [7, 11) is 1.71. The number of piperazine rings is 1. The molecule has 1 saturated carbocycles. The average Bonchev–Trinajstić information content (AvgIpc) is 2.89. The van der Waals surface area contributed by atoms with Crippen molar-refractivity contribution in [3.63, 3.8) is 0 Å². The lowest BCUT2D eigenvalue weighted by Gasteiger charge is -2.39. The topological polar surface area (TPSA) is 32.8 Å². The first-order valence-corrected chi connectivity index (χ1v) is 7.47. The molecule has 2 fully saturated rings. The molecule has 0 spiro atoms. The number of hydrogen-bond donors (Lipinski definition) is 0. The molecule has 1 aliphatic heterocycles. The van der Waals surface area contributed by atoms with E-state index in [9.17, 15) is 4.79 Å². The zero-order chi connectivity index (χ0) is 14.3. The number of alkyl halides is 2. The SMILES string of the molecule is COCC(C)N1CCN(C(=O)C2(C)CC2(Cl)Cl)CC1. The number of carbonyl (C=O) groups is 1. The highest BCUT2D eigenvalue weighted by molar-refractivity contribution is 6.53. The van der Waals surface area contributed by atoms with Crippen molar-refractivity contribution in [2.24, 2.45) is 5.41 Å². The summed E-state index contributed by atoms with van der Waals surface area (Å²) in [4.78, 5) is 16.6. The average molecular weight is 309 g/mol. The van der Waals surface area contributed by atoms with Crippen LogP contribution in [-0.2, 0) is 9.53 Å². The van der Waals surface area contributed by atoms with E-state index in [4.69, 9.17) is 27.9 Å². The second kappa shape index (κ2) is 5.40. The molecule has 0 bridgehead atoms. The highest BCUT2D eigenvalue weighted by Crippen LogP contribution is 2.64. The number of hydrogen-bond acceptors (Lipinski definition) is 3. The molecule has 0 aromatic rings. The third kappa shape index (κ3) is 2.87. The van der Waals surface area contributed by atoms with Crippen molar-refractivity contribution in [3.8, 4) is 0 Å². The van der Waals surface area contributed by atoms with Gasteiger partial charge in [-0.15, -0.1) is 23.2 Å². The minimum atomic E-state index is -0.870. The summed E-state index contributed by atoms with van der Waals surface area (Å²) in [6.07, 6.45) is 0.558. The normalized spacial score (nSPS) is 32.2. The second-order valence-corrected chi connectivity index (χ2v) is 7.33. The Kier molecular flexibility index (Phi) is 4.36. The summed E-state index contributed by atoms with van der Waals surface area (Å²) < 4.78 is 4.30. The van der Waals surface area contributed by atoms with E-state index in [0.29, 0.717) is 12.5 Å². The number of rotatable bonds is 4. The second-order valence-electron chi connectivity index (χ2n) is 5.85. The van der Waals surface area contributed by atoms with Crippen molar-refractivity contribution in [3.05, 3.63) is 0 Å². The number of carbonyl (C=O) groups excluding carboxylic acids is 1. The van der Waals surface area contributed by atoms with Gasteiger partial charge in [-0.2, -0.15) is 0 Å². The molecule has 2 atom stereocenters. The van der Waals surface area contributed by atoms with Crippen LogP contribution in [-0.4, -0.2) is 66.0 Å². The van der Waals surface area contributed by atoms with Gasteiger partial charge in [-0.1, -0.05) is 0 Å². The van der Waals surface area contributed by atoms with Gasteiger partial charge in [-0.05, 0) is 20.3 Å². The summed E-state index contributed by atoms with van der Waals surface area (Å²) in [6.45, 7) is 7.96. The lowest BCUT2D eigenvalue weighted by molar-refractivity contribution is -0.138. The van der Waals surface area contributed by atoms with Gasteiger partial charge in [0.1, 0.15) is 4.33 Å². The molecule has 2 rings (SSSR count). The molecule has 4 nitrogen and oxygen atoms in total. The van der Waals surface area contributed by atoms with Gasteiger partial charge in [0.05, 0.1) is 12.0 Å². The Morgan fingerprint density at radius 2 is 1.84 bits per heavy atom. The molecule has 1 saturated heterocycles. The summed E-state index contributed by atoms with van der Waals surface area (Å²) in [5, 5.41) is 0. The molecule has 2 aliphatic rings. The highest BCUT2D eigenvalue weighted by Gasteiger charge is 2.68. The summed E-state index contributed by atoms with van der Waals surface area (Å²) in [5.41, 5.74) is -0.587. The van der Waals surface area contributed by atoms with Crippen molar-refractivity contribution < 1.29 is 9.53 Å². The summed E-state index contributed by atoms with van der Waals surface area (Å²) in [5.74, 6) is 0.0940. The molecule has 0 aromatic heterocycles. The van der Waals surface area contributed by atoms with Gasteiger partial charge in [0, 0.05) is 39.3 Å². The minimum absolute atomic E-state index is 0.0940. The van der Waals surface area contributed by atoms with Crippen molar-refractivity contribution in [1.29, 1.82) is 0 Å². The van der Waals surface area contributed by atoms with Gasteiger partial charge in [0.2, 0.25) is 5.91 Å². The Balaban J connectivity index is 1.86. The van der Waals surface area contributed by atoms with Crippen LogP contribution >= 0.6 is 23.2 Å². The van der Waals surface area contributed by atoms with Crippen LogP contribution in [0.5, 0.6) is 0 Å². The van der Waals surface area contributed by atoms with Crippen LogP contribution < -0.4 is 0 Å². The molecule has 0 radical (unpaired) electrons. The number of halogens is 2. The maximum absolute atomic E-state index is 12.4. The van der Waals surface area contributed by atoms with Gasteiger partial charge < -0.3 is 9.64 Å². The predicted octanol–water partition coefficient (Wildman–Crippen LogP) is 1.75. The van der Waals surface area contributed by atoms with Crippen molar-refractivity contribution in [2.75, 3.05) is 39.9 Å². The zero-order valence-corrected chi connectivity index (χ0v) is 13.3. The Labute approximate surface area is 125 Å². The molecular formula is C13H22Cl2N2O2. The first kappa shape index (κ1) is 15.4. The summed E-state index contributed by atoms with van der Waals surface area (Å²) in [6, 6.07) is 0.388. The number of nitrogens with zero attached hydrogens (tertiary/aromatic N) is 2. The first-order valence-electron chi connectivity index (χ1n) is 6.72. The van der Waals surface area contributed by atoms with Gasteiger partial charge >= 0.3 is 0 Å². The third-order valence-electron chi connectivity index (χ3n) is 4.36. The molecule has 0 aromatic carbocycles. The van der Waals surface area contributed by atoms with Crippen LogP contribution in [0.15, 0.2) is 0 Å². The van der Waals surface area contributed by atoms with E-state index in [1.54, 1.807) is 7.11 Å². The molecule has 2 unspecified atom stereocenters. The number of ether oxygens (including phenoxy) is 1. The van der Waals surface area contributed by atoms with E-state index in [-0.39, 0.29) is 5.91 Å². The summed E-state index contributed by atoms with van der Waals surface area (Å²) >= 11 is 12.1. The fraction of sp³-hybridized carbons (Fsp3) is 0.923. The number of amides is 1. The van der Waals surface area contributed by atoms with Crippen molar-refractivity contribution in [1.82, 2.24) is 9.80 Å². The highest BCUT2D eigenvalue weighted by atomic mass is 35.5.